The topological polar surface area (TPSA) is 9.23 Å². The van der Waals surface area contributed by atoms with Gasteiger partial charge in [0.25, 0.3) is 0 Å². The van der Waals surface area contributed by atoms with E-state index < -0.39 is 0 Å². The molecule has 32 valence electrons. The molecule has 0 fully saturated rings. The third-order valence-corrected chi connectivity index (χ3v) is 2.45. The van der Waals surface area contributed by atoms with Gasteiger partial charge in [-0.05, 0) is 6.92 Å². The van der Waals surface area contributed by atoms with Gasteiger partial charge in [-0.25, -0.2) is 0 Å². The Bertz CT molecular complexity index is 15.1. The van der Waals surface area contributed by atoms with E-state index in [1.165, 1.54) is 9.76 Å². The lowest BCUT2D eigenvalue weighted by molar-refractivity contribution is 0.371. The second kappa shape index (κ2) is 4.39. The van der Waals surface area contributed by atoms with Crippen LogP contribution in [0.25, 0.3) is 0 Å². The molecule has 3 heteroatoms. The van der Waals surface area contributed by atoms with Gasteiger partial charge < -0.3 is 4.43 Å². The van der Waals surface area contributed by atoms with Crippen LogP contribution in [0.1, 0.15) is 6.92 Å². The van der Waals surface area contributed by atoms with E-state index in [9.17, 15) is 0 Å². The molecule has 0 aliphatic rings. The summed E-state index contributed by atoms with van der Waals surface area (Å²) in [5.74, 6) is 0. The lowest BCUT2D eigenvalue weighted by Crippen LogP contribution is -1.94. The first-order valence-electron chi connectivity index (χ1n) is 1.99. The molecule has 0 saturated carbocycles. The van der Waals surface area contributed by atoms with Crippen molar-refractivity contribution in [3.63, 3.8) is 0 Å². The fourth-order valence-corrected chi connectivity index (χ4v) is 1.84. The van der Waals surface area contributed by atoms with E-state index in [-0.39, 0.29) is 9.28 Å². The fraction of sp³-hybridized carbons (Fsp3) is 1.00. The van der Waals surface area contributed by atoms with E-state index in [2.05, 4.69) is 0 Å². The lowest BCUT2D eigenvalue weighted by Gasteiger charge is -1.86. The van der Waals surface area contributed by atoms with Crippen LogP contribution in [0.2, 0.25) is 0 Å². The van der Waals surface area contributed by atoms with Crippen molar-refractivity contribution in [1.29, 1.82) is 0 Å². The second-order valence-electron chi connectivity index (χ2n) is 0.781. The molecule has 5 heavy (non-hydrogen) atoms. The molecule has 0 radical (unpaired) electrons. The predicted molar refractivity (Wildman–Crippen MR) is 30.1 cm³/mol. The molecule has 0 saturated heterocycles. The third kappa shape index (κ3) is 4.39. The van der Waals surface area contributed by atoms with E-state index in [0.29, 0.717) is 0 Å². The molecule has 0 N–H and O–H groups in total. The van der Waals surface area contributed by atoms with Crippen LogP contribution in [0.3, 0.4) is 0 Å². The molecule has 0 atom stereocenters. The maximum atomic E-state index is 5.03. The minimum atomic E-state index is 0.0529. The summed E-state index contributed by atoms with van der Waals surface area (Å²) in [5, 5.41) is 0. The summed E-state index contributed by atoms with van der Waals surface area (Å²) in [6.07, 6.45) is 0. The Morgan fingerprint density at radius 2 is 2.60 bits per heavy atom. The van der Waals surface area contributed by atoms with Crippen LogP contribution in [0, 0.1) is 0 Å². The highest BCUT2D eigenvalue weighted by Gasteiger charge is 1.65. The van der Waals surface area contributed by atoms with Gasteiger partial charge in [0.05, 0.1) is 0 Å². The zero-order valence-electron chi connectivity index (χ0n) is 3.82. The van der Waals surface area contributed by atoms with E-state index in [1.54, 1.807) is 0 Å². The van der Waals surface area contributed by atoms with E-state index in [1.807, 2.05) is 6.92 Å². The van der Waals surface area contributed by atoms with Gasteiger partial charge in [-0.15, -0.1) is 0 Å². The van der Waals surface area contributed by atoms with Crippen molar-refractivity contribution in [2.45, 2.75) is 6.92 Å². The Hall–Kier alpha value is 0.394. The van der Waals surface area contributed by atoms with E-state index in [0.717, 1.165) is 6.61 Å². The number of hydrogen-bond acceptors (Lipinski definition) is 1. The van der Waals surface area contributed by atoms with Gasteiger partial charge >= 0.3 is 0 Å². The summed E-state index contributed by atoms with van der Waals surface area (Å²) in [5.41, 5.74) is 0. The van der Waals surface area contributed by atoms with Crippen molar-refractivity contribution in [3.05, 3.63) is 0 Å². The molecule has 0 aromatic heterocycles. The summed E-state index contributed by atoms with van der Waals surface area (Å²) in [6, 6.07) is 0. The van der Waals surface area contributed by atoms with Gasteiger partial charge in [-0.3, -0.25) is 0 Å². The predicted octanol–water partition coefficient (Wildman–Crippen LogP) is -1.61. The molecular formula is C2H10OSi2. The summed E-state index contributed by atoms with van der Waals surface area (Å²) in [7, 11) is 1.37. The summed E-state index contributed by atoms with van der Waals surface area (Å²) in [4.78, 5) is 0. The first kappa shape index (κ1) is 5.39. The minimum absolute atomic E-state index is 0.0529. The Labute approximate surface area is 37.9 Å². The fourth-order valence-electron chi connectivity index (χ4n) is 0.204. The third-order valence-electron chi connectivity index (χ3n) is 0.408. The van der Waals surface area contributed by atoms with Crippen LogP contribution in [0.4, 0.5) is 0 Å². The van der Waals surface area contributed by atoms with E-state index in [4.69, 9.17) is 4.43 Å². The zero-order valence-corrected chi connectivity index (χ0v) is 7.24. The SMILES string of the molecule is CCO[SiH2][SiH3]. The van der Waals surface area contributed by atoms with Crippen LogP contribution in [0.5, 0.6) is 0 Å². The average Bonchev–Trinajstić information content (AvgIpc) is 1.41. The average molecular weight is 106 g/mol. The number of rotatable bonds is 2. The Morgan fingerprint density at radius 1 is 2.00 bits per heavy atom. The monoisotopic (exact) mass is 106 g/mol. The van der Waals surface area contributed by atoms with Gasteiger partial charge in [-0.1, -0.05) is 0 Å². The molecule has 1 nitrogen and oxygen atoms in total. The largest absolute Gasteiger partial charge is 0.429 e. The van der Waals surface area contributed by atoms with Gasteiger partial charge in [0, 0.05) is 16.4 Å². The second-order valence-corrected chi connectivity index (χ2v) is 3.50. The standard InChI is InChI=1S/C2H10OSi2/c1-2-3-5-4/h2,5H2,1,4H3. The zero-order chi connectivity index (χ0) is 4.12. The van der Waals surface area contributed by atoms with Gasteiger partial charge in [0.2, 0.25) is 0 Å². The van der Waals surface area contributed by atoms with Crippen molar-refractivity contribution in [1.82, 2.24) is 0 Å². The van der Waals surface area contributed by atoms with Crippen molar-refractivity contribution < 1.29 is 4.43 Å². The maximum absolute atomic E-state index is 5.03. The molecule has 0 aliphatic carbocycles. The normalized spacial score (nSPS) is 11.4. The minimum Gasteiger partial charge on any atom is -0.429 e. The quantitative estimate of drug-likeness (QED) is 0.385. The molecule has 0 heterocycles. The Morgan fingerprint density at radius 3 is 2.60 bits per heavy atom. The van der Waals surface area contributed by atoms with Crippen LogP contribution < -0.4 is 0 Å². The van der Waals surface area contributed by atoms with Crippen molar-refractivity contribution in [2.75, 3.05) is 6.61 Å². The van der Waals surface area contributed by atoms with Gasteiger partial charge in [0.15, 0.2) is 0 Å². The molecule has 0 aromatic carbocycles. The molecular weight excluding hydrogens is 96.2 g/mol. The van der Waals surface area contributed by atoms with Crippen LogP contribution in [-0.4, -0.2) is 25.6 Å². The highest BCUT2D eigenvalue weighted by molar-refractivity contribution is 6.85. The van der Waals surface area contributed by atoms with Crippen molar-refractivity contribution in [3.8, 4) is 0 Å². The van der Waals surface area contributed by atoms with Crippen LogP contribution in [-0.2, 0) is 4.43 Å². The van der Waals surface area contributed by atoms with Gasteiger partial charge in [-0.2, -0.15) is 0 Å². The van der Waals surface area contributed by atoms with Crippen LogP contribution >= 0.6 is 0 Å². The first-order chi connectivity index (χ1) is 2.41. The van der Waals surface area contributed by atoms with Crippen molar-refractivity contribution in [2.24, 2.45) is 0 Å². The maximum Gasteiger partial charge on any atom is 0.139 e. The molecule has 0 spiro atoms. The van der Waals surface area contributed by atoms with Crippen LogP contribution in [0.15, 0.2) is 0 Å². The highest BCUT2D eigenvalue weighted by atomic mass is 29.1. The summed E-state index contributed by atoms with van der Waals surface area (Å²) < 4.78 is 5.03. The van der Waals surface area contributed by atoms with E-state index >= 15 is 0 Å². The Kier molecular flexibility index (Phi) is 4.74. The smallest absolute Gasteiger partial charge is 0.139 e. The molecule has 0 unspecified atom stereocenters. The molecule has 0 amide bonds. The Balaban J connectivity index is 2.19. The summed E-state index contributed by atoms with van der Waals surface area (Å²) >= 11 is 0. The molecule has 0 aromatic rings. The van der Waals surface area contributed by atoms with Crippen molar-refractivity contribution >= 4 is 19.0 Å². The lowest BCUT2D eigenvalue weighted by atomic mass is 10.9. The van der Waals surface area contributed by atoms with Gasteiger partial charge in [0.1, 0.15) is 9.28 Å². The first-order valence-corrected chi connectivity index (χ1v) is 8.23. The highest BCUT2D eigenvalue weighted by Crippen LogP contribution is 1.57. The molecule has 0 aliphatic heterocycles. The molecule has 0 bridgehead atoms. The molecule has 0 rings (SSSR count). The number of hydrogen-bond donors (Lipinski definition) is 0. The summed E-state index contributed by atoms with van der Waals surface area (Å²) in [6.45, 7) is 2.99.